The van der Waals surface area contributed by atoms with E-state index in [1.807, 2.05) is 25.2 Å². The summed E-state index contributed by atoms with van der Waals surface area (Å²) in [6, 6.07) is 13.4. The van der Waals surface area contributed by atoms with Crippen molar-refractivity contribution >= 4 is 11.5 Å². The summed E-state index contributed by atoms with van der Waals surface area (Å²) in [5, 5.41) is 3.61. The van der Waals surface area contributed by atoms with E-state index in [2.05, 4.69) is 46.7 Å². The Morgan fingerprint density at radius 2 is 1.90 bits per heavy atom. The van der Waals surface area contributed by atoms with Gasteiger partial charge in [0.1, 0.15) is 5.82 Å². The lowest BCUT2D eigenvalue weighted by molar-refractivity contribution is 0.610. The van der Waals surface area contributed by atoms with E-state index in [4.69, 9.17) is 0 Å². The molecule has 1 aromatic carbocycles. The van der Waals surface area contributed by atoms with Crippen LogP contribution >= 0.6 is 0 Å². The molecule has 0 aliphatic heterocycles. The van der Waals surface area contributed by atoms with Crippen molar-refractivity contribution in [1.29, 1.82) is 0 Å². The van der Waals surface area contributed by atoms with Crippen LogP contribution in [0.1, 0.15) is 17.5 Å². The number of rotatable bonds is 3. The predicted octanol–water partition coefficient (Wildman–Crippen LogP) is 3.12. The molecule has 3 rings (SSSR count). The zero-order valence-electron chi connectivity index (χ0n) is 12.1. The van der Waals surface area contributed by atoms with Crippen molar-refractivity contribution in [2.75, 3.05) is 24.3 Å². The van der Waals surface area contributed by atoms with Crippen LogP contribution in [0.2, 0.25) is 0 Å². The van der Waals surface area contributed by atoms with E-state index in [0.717, 1.165) is 24.3 Å². The summed E-state index contributed by atoms with van der Waals surface area (Å²) >= 11 is 0. The predicted molar refractivity (Wildman–Crippen MR) is 84.4 cm³/mol. The largest absolute Gasteiger partial charge is 0.381 e. The molecule has 20 heavy (non-hydrogen) atoms. The molecule has 0 saturated heterocycles. The van der Waals surface area contributed by atoms with Gasteiger partial charge in [-0.3, -0.25) is 0 Å². The molecule has 0 saturated carbocycles. The van der Waals surface area contributed by atoms with Crippen LogP contribution in [-0.4, -0.2) is 25.1 Å². The smallest absolute Gasteiger partial charge is 0.128 e. The molecule has 1 aliphatic rings. The van der Waals surface area contributed by atoms with Crippen LogP contribution in [0, 0.1) is 0 Å². The van der Waals surface area contributed by atoms with E-state index in [1.165, 1.54) is 17.5 Å². The Labute approximate surface area is 120 Å². The van der Waals surface area contributed by atoms with Crippen LogP contribution in [0.25, 0.3) is 0 Å². The van der Waals surface area contributed by atoms with Crippen LogP contribution in [0.4, 0.5) is 11.5 Å². The summed E-state index contributed by atoms with van der Waals surface area (Å²) < 4.78 is 0. The lowest BCUT2D eigenvalue weighted by atomic mass is 9.88. The van der Waals surface area contributed by atoms with Gasteiger partial charge in [0.15, 0.2) is 0 Å². The molecule has 1 aromatic heterocycles. The Balaban J connectivity index is 1.67. The van der Waals surface area contributed by atoms with E-state index in [1.54, 1.807) is 0 Å². The number of nitrogens with zero attached hydrogens (tertiary/aromatic N) is 2. The number of pyridine rings is 1. The first-order valence-corrected chi connectivity index (χ1v) is 7.19. The van der Waals surface area contributed by atoms with Gasteiger partial charge in [0.05, 0.1) is 11.9 Å². The van der Waals surface area contributed by atoms with Crippen LogP contribution in [0.5, 0.6) is 0 Å². The first kappa shape index (κ1) is 13.0. The van der Waals surface area contributed by atoms with Gasteiger partial charge in [0, 0.05) is 20.1 Å². The molecule has 1 aliphatic carbocycles. The topological polar surface area (TPSA) is 28.2 Å². The van der Waals surface area contributed by atoms with Crippen LogP contribution in [0.15, 0.2) is 42.6 Å². The van der Waals surface area contributed by atoms with Gasteiger partial charge in [-0.15, -0.1) is 0 Å². The molecule has 1 N–H and O–H groups in total. The lowest BCUT2D eigenvalue weighted by Gasteiger charge is -2.26. The number of nitrogens with one attached hydrogen (secondary N) is 1. The van der Waals surface area contributed by atoms with Crippen molar-refractivity contribution in [3.63, 3.8) is 0 Å². The Hall–Kier alpha value is -2.03. The fraction of sp³-hybridized carbons (Fsp3) is 0.353. The van der Waals surface area contributed by atoms with Crippen molar-refractivity contribution in [1.82, 2.24) is 4.98 Å². The molecule has 1 heterocycles. The van der Waals surface area contributed by atoms with Crippen LogP contribution in [-0.2, 0) is 12.8 Å². The standard InChI is InChI=1S/C17H21N3/c1-20(2)17-10-9-16(12-18-17)19-15-8-7-13-5-3-4-6-14(13)11-15/h3-6,9-10,12,15,19H,7-8,11H2,1-2H3. The zero-order valence-corrected chi connectivity index (χ0v) is 12.1. The van der Waals surface area contributed by atoms with Gasteiger partial charge in [-0.25, -0.2) is 4.98 Å². The first-order valence-electron chi connectivity index (χ1n) is 7.19. The number of aryl methyl sites for hydroxylation is 1. The minimum absolute atomic E-state index is 0.511. The Morgan fingerprint density at radius 1 is 1.10 bits per heavy atom. The third kappa shape index (κ3) is 2.77. The number of aromatic nitrogens is 1. The van der Waals surface area contributed by atoms with E-state index >= 15 is 0 Å². The molecule has 0 fully saturated rings. The van der Waals surface area contributed by atoms with Gasteiger partial charge in [-0.1, -0.05) is 24.3 Å². The van der Waals surface area contributed by atoms with Gasteiger partial charge < -0.3 is 10.2 Å². The highest BCUT2D eigenvalue weighted by molar-refractivity contribution is 5.49. The van der Waals surface area contributed by atoms with Crippen LogP contribution in [0.3, 0.4) is 0 Å². The number of hydrogen-bond donors (Lipinski definition) is 1. The van der Waals surface area contributed by atoms with Gasteiger partial charge in [0.25, 0.3) is 0 Å². The molecule has 3 heteroatoms. The highest BCUT2D eigenvalue weighted by Gasteiger charge is 2.17. The van der Waals surface area contributed by atoms with E-state index in [0.29, 0.717) is 6.04 Å². The van der Waals surface area contributed by atoms with Gasteiger partial charge >= 0.3 is 0 Å². The second-order valence-corrected chi connectivity index (χ2v) is 5.65. The summed E-state index contributed by atoms with van der Waals surface area (Å²) in [6.45, 7) is 0. The summed E-state index contributed by atoms with van der Waals surface area (Å²) in [4.78, 5) is 6.47. The molecule has 0 bridgehead atoms. The molecule has 2 aromatic rings. The minimum atomic E-state index is 0.511. The number of fused-ring (bicyclic) bond motifs is 1. The lowest BCUT2D eigenvalue weighted by Crippen LogP contribution is -2.27. The SMILES string of the molecule is CN(C)c1ccc(NC2CCc3ccccc3C2)cn1. The first-order chi connectivity index (χ1) is 9.72. The third-order valence-electron chi connectivity index (χ3n) is 3.92. The van der Waals surface area contributed by atoms with Crippen molar-refractivity contribution in [2.45, 2.75) is 25.3 Å². The average molecular weight is 267 g/mol. The van der Waals surface area contributed by atoms with E-state index in [9.17, 15) is 0 Å². The molecule has 3 nitrogen and oxygen atoms in total. The summed E-state index contributed by atoms with van der Waals surface area (Å²) in [5.74, 6) is 0.990. The summed E-state index contributed by atoms with van der Waals surface area (Å²) in [6.07, 6.45) is 5.38. The van der Waals surface area contributed by atoms with Crippen molar-refractivity contribution < 1.29 is 0 Å². The van der Waals surface area contributed by atoms with Gasteiger partial charge in [-0.2, -0.15) is 0 Å². The Morgan fingerprint density at radius 3 is 2.60 bits per heavy atom. The average Bonchev–Trinajstić information content (AvgIpc) is 2.48. The fourth-order valence-electron chi connectivity index (χ4n) is 2.79. The highest BCUT2D eigenvalue weighted by Crippen LogP contribution is 2.23. The van der Waals surface area contributed by atoms with Crippen molar-refractivity contribution in [3.8, 4) is 0 Å². The summed E-state index contributed by atoms with van der Waals surface area (Å²) in [7, 11) is 4.01. The molecular weight excluding hydrogens is 246 g/mol. The zero-order chi connectivity index (χ0) is 13.9. The molecular formula is C17H21N3. The number of benzene rings is 1. The van der Waals surface area contributed by atoms with Gasteiger partial charge in [0.2, 0.25) is 0 Å². The maximum atomic E-state index is 4.45. The van der Waals surface area contributed by atoms with Crippen LogP contribution < -0.4 is 10.2 Å². The quantitative estimate of drug-likeness (QED) is 0.926. The Kier molecular flexibility index (Phi) is 3.59. The normalized spacial score (nSPS) is 17.4. The fourth-order valence-corrected chi connectivity index (χ4v) is 2.79. The van der Waals surface area contributed by atoms with E-state index < -0.39 is 0 Å². The Bertz CT molecular complexity index is 575. The second kappa shape index (κ2) is 5.53. The molecule has 104 valence electrons. The molecule has 1 atom stereocenters. The number of anilines is 2. The third-order valence-corrected chi connectivity index (χ3v) is 3.92. The minimum Gasteiger partial charge on any atom is -0.381 e. The number of hydrogen-bond acceptors (Lipinski definition) is 3. The van der Waals surface area contributed by atoms with Gasteiger partial charge in [-0.05, 0) is 42.5 Å². The highest BCUT2D eigenvalue weighted by atomic mass is 15.1. The summed E-state index contributed by atoms with van der Waals surface area (Å²) in [5.41, 5.74) is 4.10. The maximum Gasteiger partial charge on any atom is 0.128 e. The second-order valence-electron chi connectivity index (χ2n) is 5.65. The monoisotopic (exact) mass is 267 g/mol. The molecule has 1 unspecified atom stereocenters. The van der Waals surface area contributed by atoms with Crippen molar-refractivity contribution in [3.05, 3.63) is 53.7 Å². The van der Waals surface area contributed by atoms with E-state index in [-0.39, 0.29) is 0 Å². The van der Waals surface area contributed by atoms with Crippen molar-refractivity contribution in [2.24, 2.45) is 0 Å². The molecule has 0 spiro atoms. The molecule has 0 radical (unpaired) electrons. The molecule has 0 amide bonds. The maximum absolute atomic E-state index is 4.45.